The van der Waals surface area contributed by atoms with Crippen molar-refractivity contribution in [1.82, 2.24) is 5.32 Å². The second-order valence-corrected chi connectivity index (χ2v) is 6.52. The van der Waals surface area contributed by atoms with E-state index in [9.17, 15) is 4.21 Å². The van der Waals surface area contributed by atoms with E-state index < -0.39 is 10.8 Å². The van der Waals surface area contributed by atoms with Crippen LogP contribution >= 0.6 is 0 Å². The maximum atomic E-state index is 12.5. The molecule has 3 heteroatoms. The van der Waals surface area contributed by atoms with E-state index >= 15 is 0 Å². The lowest BCUT2D eigenvalue weighted by atomic mass is 10.0. The SMILES string of the molecule is CNC(CS(=O)c1ccccc1)c1cc(C)ccc1C. The number of nitrogens with one attached hydrogen (secondary N) is 1. The fourth-order valence-corrected chi connectivity index (χ4v) is 3.59. The molecule has 0 saturated carbocycles. The molecule has 0 aliphatic carbocycles. The van der Waals surface area contributed by atoms with Gasteiger partial charge in [0.05, 0.1) is 10.8 Å². The molecule has 0 saturated heterocycles. The van der Waals surface area contributed by atoms with Crippen LogP contribution in [0.4, 0.5) is 0 Å². The molecule has 0 amide bonds. The van der Waals surface area contributed by atoms with Crippen LogP contribution in [-0.4, -0.2) is 17.0 Å². The fraction of sp³-hybridized carbons (Fsp3) is 0.294. The maximum Gasteiger partial charge on any atom is 0.0548 e. The molecule has 2 unspecified atom stereocenters. The summed E-state index contributed by atoms with van der Waals surface area (Å²) >= 11 is 0. The molecule has 20 heavy (non-hydrogen) atoms. The molecule has 0 radical (unpaired) electrons. The van der Waals surface area contributed by atoms with Gasteiger partial charge in [-0.1, -0.05) is 42.0 Å². The summed E-state index contributed by atoms with van der Waals surface area (Å²) in [6.07, 6.45) is 0. The third-order valence-corrected chi connectivity index (χ3v) is 4.92. The Labute approximate surface area is 123 Å². The molecule has 2 nitrogen and oxygen atoms in total. The predicted octanol–water partition coefficient (Wildman–Crippen LogP) is 3.37. The summed E-state index contributed by atoms with van der Waals surface area (Å²) in [4.78, 5) is 0.887. The summed E-state index contributed by atoms with van der Waals surface area (Å²) in [5.41, 5.74) is 3.70. The summed E-state index contributed by atoms with van der Waals surface area (Å²) < 4.78 is 12.5. The van der Waals surface area contributed by atoms with Gasteiger partial charge >= 0.3 is 0 Å². The van der Waals surface area contributed by atoms with Crippen LogP contribution in [0.1, 0.15) is 22.7 Å². The zero-order valence-corrected chi connectivity index (χ0v) is 13.0. The molecule has 2 aromatic rings. The summed E-state index contributed by atoms with van der Waals surface area (Å²) in [5, 5.41) is 3.29. The Hall–Kier alpha value is -1.45. The lowest BCUT2D eigenvalue weighted by Crippen LogP contribution is -2.23. The highest BCUT2D eigenvalue weighted by Crippen LogP contribution is 2.21. The zero-order chi connectivity index (χ0) is 14.5. The van der Waals surface area contributed by atoms with Crippen molar-refractivity contribution in [2.24, 2.45) is 0 Å². The summed E-state index contributed by atoms with van der Waals surface area (Å²) in [6, 6.07) is 16.2. The first-order valence-corrected chi connectivity index (χ1v) is 8.11. The second-order valence-electron chi connectivity index (χ2n) is 5.03. The van der Waals surface area contributed by atoms with Gasteiger partial charge in [-0.25, -0.2) is 0 Å². The summed E-state index contributed by atoms with van der Waals surface area (Å²) in [7, 11) is 0.934. The van der Waals surface area contributed by atoms with E-state index in [0.29, 0.717) is 5.75 Å². The monoisotopic (exact) mass is 287 g/mol. The van der Waals surface area contributed by atoms with Gasteiger partial charge in [0.15, 0.2) is 0 Å². The van der Waals surface area contributed by atoms with E-state index in [-0.39, 0.29) is 6.04 Å². The van der Waals surface area contributed by atoms with E-state index in [0.717, 1.165) is 4.90 Å². The van der Waals surface area contributed by atoms with Gasteiger partial charge < -0.3 is 5.32 Å². The highest BCUT2D eigenvalue weighted by Gasteiger charge is 2.16. The third kappa shape index (κ3) is 3.56. The fourth-order valence-electron chi connectivity index (χ4n) is 2.28. The van der Waals surface area contributed by atoms with Crippen molar-refractivity contribution in [3.8, 4) is 0 Å². The Morgan fingerprint density at radius 3 is 2.45 bits per heavy atom. The average molecular weight is 287 g/mol. The van der Waals surface area contributed by atoms with Crippen molar-refractivity contribution < 1.29 is 4.21 Å². The molecular weight excluding hydrogens is 266 g/mol. The largest absolute Gasteiger partial charge is 0.312 e. The molecule has 0 heterocycles. The van der Waals surface area contributed by atoms with Crippen molar-refractivity contribution in [2.45, 2.75) is 24.8 Å². The molecule has 2 atom stereocenters. The van der Waals surface area contributed by atoms with Crippen molar-refractivity contribution >= 4 is 10.8 Å². The number of aryl methyl sites for hydroxylation is 2. The van der Waals surface area contributed by atoms with Gasteiger partial charge in [-0.15, -0.1) is 0 Å². The van der Waals surface area contributed by atoms with Gasteiger partial charge in [-0.2, -0.15) is 0 Å². The minimum Gasteiger partial charge on any atom is -0.312 e. The molecule has 2 aromatic carbocycles. The molecule has 0 aromatic heterocycles. The van der Waals surface area contributed by atoms with Gasteiger partial charge in [0.2, 0.25) is 0 Å². The van der Waals surface area contributed by atoms with Crippen molar-refractivity contribution in [1.29, 1.82) is 0 Å². The highest BCUT2D eigenvalue weighted by atomic mass is 32.2. The zero-order valence-electron chi connectivity index (χ0n) is 12.2. The van der Waals surface area contributed by atoms with Crippen LogP contribution in [0.5, 0.6) is 0 Å². The van der Waals surface area contributed by atoms with E-state index in [2.05, 4.69) is 37.4 Å². The molecule has 0 spiro atoms. The van der Waals surface area contributed by atoms with Crippen LogP contribution in [0.3, 0.4) is 0 Å². The topological polar surface area (TPSA) is 29.1 Å². The smallest absolute Gasteiger partial charge is 0.0548 e. The number of rotatable bonds is 5. The first-order chi connectivity index (χ1) is 9.61. The van der Waals surface area contributed by atoms with Crippen LogP contribution in [-0.2, 0) is 10.8 Å². The molecule has 106 valence electrons. The van der Waals surface area contributed by atoms with Crippen LogP contribution in [0, 0.1) is 13.8 Å². The van der Waals surface area contributed by atoms with Gasteiger partial charge in [0.1, 0.15) is 0 Å². The van der Waals surface area contributed by atoms with Crippen LogP contribution in [0.15, 0.2) is 53.4 Å². The summed E-state index contributed by atoms with van der Waals surface area (Å²) in [6.45, 7) is 4.19. The lowest BCUT2D eigenvalue weighted by Gasteiger charge is -2.19. The average Bonchev–Trinajstić information content (AvgIpc) is 2.48. The minimum absolute atomic E-state index is 0.107. The predicted molar refractivity (Wildman–Crippen MR) is 85.4 cm³/mol. The number of hydrogen-bond acceptors (Lipinski definition) is 2. The molecule has 0 aliphatic rings. The number of hydrogen-bond donors (Lipinski definition) is 1. The Morgan fingerprint density at radius 2 is 1.80 bits per heavy atom. The first-order valence-electron chi connectivity index (χ1n) is 6.79. The Kier molecular flexibility index (Phi) is 5.10. The minimum atomic E-state index is -0.991. The second kappa shape index (κ2) is 6.82. The lowest BCUT2D eigenvalue weighted by molar-refractivity contribution is 0.633. The van der Waals surface area contributed by atoms with Crippen LogP contribution in [0.25, 0.3) is 0 Å². The van der Waals surface area contributed by atoms with E-state index in [1.54, 1.807) is 0 Å². The van der Waals surface area contributed by atoms with Crippen LogP contribution < -0.4 is 5.32 Å². The van der Waals surface area contributed by atoms with Gasteiger partial charge in [-0.05, 0) is 44.2 Å². The Morgan fingerprint density at radius 1 is 1.10 bits per heavy atom. The highest BCUT2D eigenvalue weighted by molar-refractivity contribution is 7.85. The third-order valence-electron chi connectivity index (χ3n) is 3.48. The van der Waals surface area contributed by atoms with Crippen LogP contribution in [0.2, 0.25) is 0 Å². The van der Waals surface area contributed by atoms with E-state index in [1.807, 2.05) is 37.4 Å². The number of benzene rings is 2. The normalized spacial score (nSPS) is 13.9. The molecule has 0 bridgehead atoms. The quantitative estimate of drug-likeness (QED) is 0.913. The maximum absolute atomic E-state index is 12.5. The standard InChI is InChI=1S/C17H21NOS/c1-13-9-10-14(2)16(11-13)17(18-3)12-20(19)15-7-5-4-6-8-15/h4-11,17-18H,12H2,1-3H3. The molecule has 1 N–H and O–H groups in total. The van der Waals surface area contributed by atoms with Crippen molar-refractivity contribution in [3.63, 3.8) is 0 Å². The molecule has 0 aliphatic heterocycles. The Bertz CT molecular complexity index is 595. The Balaban J connectivity index is 2.21. The van der Waals surface area contributed by atoms with Crippen molar-refractivity contribution in [3.05, 3.63) is 65.2 Å². The first kappa shape index (κ1) is 14.9. The van der Waals surface area contributed by atoms with Gasteiger partial charge in [0.25, 0.3) is 0 Å². The van der Waals surface area contributed by atoms with E-state index in [4.69, 9.17) is 0 Å². The molecule has 0 fully saturated rings. The van der Waals surface area contributed by atoms with Crippen molar-refractivity contribution in [2.75, 3.05) is 12.8 Å². The van der Waals surface area contributed by atoms with Gasteiger partial charge in [-0.3, -0.25) is 4.21 Å². The van der Waals surface area contributed by atoms with Gasteiger partial charge in [0, 0.05) is 16.7 Å². The summed E-state index contributed by atoms with van der Waals surface area (Å²) in [5.74, 6) is 0.588. The molecule has 2 rings (SSSR count). The molecular formula is C17H21NOS. The van der Waals surface area contributed by atoms with E-state index in [1.165, 1.54) is 16.7 Å².